The molecular weight excluding hydrogens is 341 g/mol. The highest BCUT2D eigenvalue weighted by atomic mass is 79.9. The molecule has 0 spiro atoms. The largest absolute Gasteiger partial charge is 0.260 e. The molecule has 2 rings (SSSR count). The van der Waals surface area contributed by atoms with Crippen LogP contribution in [0.4, 0.5) is 0 Å². The summed E-state index contributed by atoms with van der Waals surface area (Å²) >= 11 is 13.5. The summed E-state index contributed by atoms with van der Waals surface area (Å²) in [6.07, 6.45) is 4.40. The van der Waals surface area contributed by atoms with Crippen LogP contribution in [0.5, 0.6) is 0 Å². The highest BCUT2D eigenvalue weighted by Crippen LogP contribution is 2.46. The first-order chi connectivity index (χ1) is 7.11. The zero-order valence-corrected chi connectivity index (χ0v) is 12.3. The van der Waals surface area contributed by atoms with Gasteiger partial charge in [-0.2, -0.15) is 0 Å². The summed E-state index contributed by atoms with van der Waals surface area (Å²) in [4.78, 5) is 5.12. The van der Waals surface area contributed by atoms with Gasteiger partial charge in [0.2, 0.25) is 0 Å². The monoisotopic (exact) mass is 351 g/mol. The van der Waals surface area contributed by atoms with E-state index in [2.05, 4.69) is 36.8 Å². The molecule has 1 nitrogen and oxygen atoms in total. The molecule has 0 N–H and O–H groups in total. The number of aromatic nitrogens is 1. The zero-order valence-electron chi connectivity index (χ0n) is 8.38. The third-order valence-corrected chi connectivity index (χ3v) is 6.19. The average Bonchev–Trinajstić information content (AvgIpc) is 3.03. The Balaban J connectivity index is 2.24. The van der Waals surface area contributed by atoms with Gasteiger partial charge >= 0.3 is 0 Å². The topological polar surface area (TPSA) is 12.9 Å². The van der Waals surface area contributed by atoms with Gasteiger partial charge in [-0.1, -0.05) is 43.5 Å². The van der Waals surface area contributed by atoms with Crippen molar-refractivity contribution in [3.8, 4) is 0 Å². The van der Waals surface area contributed by atoms with E-state index in [4.69, 9.17) is 11.6 Å². The van der Waals surface area contributed by atoms with E-state index in [1.165, 1.54) is 12.8 Å². The number of halogens is 3. The lowest BCUT2D eigenvalue weighted by atomic mass is 10.1. The molecular formula is C11H12Br2ClN. The van der Waals surface area contributed by atoms with Gasteiger partial charge in [0, 0.05) is 16.0 Å². The van der Waals surface area contributed by atoms with E-state index in [-0.39, 0.29) is 4.83 Å². The Morgan fingerprint density at radius 2 is 2.13 bits per heavy atom. The van der Waals surface area contributed by atoms with Crippen LogP contribution in [0.15, 0.2) is 12.3 Å². The molecule has 1 aliphatic rings. The third kappa shape index (κ3) is 2.56. The van der Waals surface area contributed by atoms with Crippen LogP contribution >= 0.6 is 43.5 Å². The number of nitrogens with zero attached hydrogens (tertiary/aromatic N) is 1. The molecule has 0 bridgehead atoms. The first-order valence-electron chi connectivity index (χ1n) is 5.00. The van der Waals surface area contributed by atoms with E-state index < -0.39 is 0 Å². The number of rotatable bonds is 3. The molecule has 4 heteroatoms. The van der Waals surface area contributed by atoms with E-state index in [0.29, 0.717) is 4.83 Å². The molecule has 2 atom stereocenters. The molecule has 0 saturated heterocycles. The van der Waals surface area contributed by atoms with E-state index in [1.807, 2.05) is 13.0 Å². The number of hydrogen-bond acceptors (Lipinski definition) is 1. The standard InChI is InChI=1S/C11H12Br2ClN/c1-6-8(14)4-5-15-11(6)10(13)9(12)7-2-3-7/h4-5,7,9-10H,2-3H2,1H3. The molecule has 15 heavy (non-hydrogen) atoms. The van der Waals surface area contributed by atoms with Crippen molar-refractivity contribution in [3.05, 3.63) is 28.5 Å². The predicted molar refractivity (Wildman–Crippen MR) is 71.1 cm³/mol. The summed E-state index contributed by atoms with van der Waals surface area (Å²) in [5.41, 5.74) is 2.13. The highest BCUT2D eigenvalue weighted by Gasteiger charge is 2.35. The molecule has 1 aliphatic carbocycles. The maximum atomic E-state index is 6.08. The maximum absolute atomic E-state index is 6.08. The van der Waals surface area contributed by atoms with Gasteiger partial charge in [-0.15, -0.1) is 0 Å². The molecule has 1 saturated carbocycles. The van der Waals surface area contributed by atoms with Crippen molar-refractivity contribution in [1.82, 2.24) is 4.98 Å². The van der Waals surface area contributed by atoms with Crippen LogP contribution in [0.1, 0.15) is 28.9 Å². The van der Waals surface area contributed by atoms with Gasteiger partial charge in [-0.05, 0) is 37.3 Å². The van der Waals surface area contributed by atoms with Crippen LogP contribution in [-0.4, -0.2) is 9.81 Å². The van der Waals surface area contributed by atoms with E-state index in [1.54, 1.807) is 6.20 Å². The van der Waals surface area contributed by atoms with Crippen molar-refractivity contribution in [2.75, 3.05) is 0 Å². The second-order valence-corrected chi connectivity index (χ2v) is 6.44. The maximum Gasteiger partial charge on any atom is 0.0698 e. The third-order valence-electron chi connectivity index (χ3n) is 2.79. The van der Waals surface area contributed by atoms with Crippen molar-refractivity contribution in [1.29, 1.82) is 0 Å². The van der Waals surface area contributed by atoms with Crippen molar-refractivity contribution in [2.24, 2.45) is 5.92 Å². The van der Waals surface area contributed by atoms with Crippen LogP contribution in [0, 0.1) is 12.8 Å². The lowest BCUT2D eigenvalue weighted by Crippen LogP contribution is -2.11. The molecule has 0 aliphatic heterocycles. The SMILES string of the molecule is Cc1c(Cl)ccnc1C(Br)C(Br)C1CC1. The van der Waals surface area contributed by atoms with E-state index >= 15 is 0 Å². The van der Waals surface area contributed by atoms with Gasteiger partial charge < -0.3 is 0 Å². The normalized spacial score (nSPS) is 20.0. The Morgan fingerprint density at radius 3 is 2.73 bits per heavy atom. The fourth-order valence-electron chi connectivity index (χ4n) is 1.61. The van der Waals surface area contributed by atoms with Crippen LogP contribution in [0.25, 0.3) is 0 Å². The molecule has 1 aromatic rings. The van der Waals surface area contributed by atoms with Crippen LogP contribution in [0.3, 0.4) is 0 Å². The molecule has 1 aromatic heterocycles. The number of pyridine rings is 1. The van der Waals surface area contributed by atoms with Gasteiger partial charge in [0.05, 0.1) is 10.5 Å². The summed E-state index contributed by atoms with van der Waals surface area (Å²) in [5, 5.41) is 0.792. The molecule has 82 valence electrons. The first kappa shape index (κ1) is 11.9. The Hall–Kier alpha value is 0.400. The second-order valence-electron chi connectivity index (χ2n) is 3.99. The lowest BCUT2D eigenvalue weighted by molar-refractivity contribution is 0.737. The summed E-state index contributed by atoms with van der Waals surface area (Å²) in [5.74, 6) is 0.787. The quantitative estimate of drug-likeness (QED) is 0.721. The first-order valence-corrected chi connectivity index (χ1v) is 7.21. The fraction of sp³-hybridized carbons (Fsp3) is 0.545. The summed E-state index contributed by atoms with van der Waals surface area (Å²) in [6.45, 7) is 2.02. The van der Waals surface area contributed by atoms with Gasteiger partial charge in [0.25, 0.3) is 0 Å². The van der Waals surface area contributed by atoms with Crippen molar-refractivity contribution in [3.63, 3.8) is 0 Å². The Kier molecular flexibility index (Phi) is 3.74. The Labute approximate surface area is 112 Å². The van der Waals surface area contributed by atoms with Gasteiger partial charge in [0.15, 0.2) is 0 Å². The van der Waals surface area contributed by atoms with Gasteiger partial charge in [0.1, 0.15) is 0 Å². The molecule has 0 aromatic carbocycles. The number of alkyl halides is 2. The van der Waals surface area contributed by atoms with Crippen LogP contribution in [0.2, 0.25) is 5.02 Å². The molecule has 1 heterocycles. The van der Waals surface area contributed by atoms with E-state index in [9.17, 15) is 0 Å². The summed E-state index contributed by atoms with van der Waals surface area (Å²) in [6, 6.07) is 1.83. The van der Waals surface area contributed by atoms with Crippen LogP contribution < -0.4 is 0 Å². The van der Waals surface area contributed by atoms with Crippen molar-refractivity contribution >= 4 is 43.5 Å². The summed E-state index contributed by atoms with van der Waals surface area (Å²) < 4.78 is 0. The van der Waals surface area contributed by atoms with Crippen LogP contribution in [-0.2, 0) is 0 Å². The predicted octanol–water partition coefficient (Wildman–Crippen LogP) is 4.65. The Bertz CT molecular complexity index is 366. The molecule has 1 fully saturated rings. The highest BCUT2D eigenvalue weighted by molar-refractivity contribution is 9.12. The smallest absolute Gasteiger partial charge is 0.0698 e. The minimum absolute atomic E-state index is 0.253. The second kappa shape index (κ2) is 4.72. The minimum atomic E-state index is 0.253. The minimum Gasteiger partial charge on any atom is -0.260 e. The van der Waals surface area contributed by atoms with Gasteiger partial charge in [-0.3, -0.25) is 4.98 Å². The molecule has 0 radical (unpaired) electrons. The number of hydrogen-bond donors (Lipinski definition) is 0. The molecule has 2 unspecified atom stereocenters. The van der Waals surface area contributed by atoms with E-state index in [0.717, 1.165) is 22.2 Å². The lowest BCUT2D eigenvalue weighted by Gasteiger charge is -2.17. The summed E-state index contributed by atoms with van der Waals surface area (Å²) in [7, 11) is 0. The van der Waals surface area contributed by atoms with Gasteiger partial charge in [-0.25, -0.2) is 0 Å². The average molecular weight is 353 g/mol. The van der Waals surface area contributed by atoms with Crippen molar-refractivity contribution in [2.45, 2.75) is 29.4 Å². The Morgan fingerprint density at radius 1 is 1.47 bits per heavy atom. The fourth-order valence-corrected chi connectivity index (χ4v) is 3.44. The molecule has 0 amide bonds. The van der Waals surface area contributed by atoms with Crippen molar-refractivity contribution < 1.29 is 0 Å². The zero-order chi connectivity index (χ0) is 11.0.